The number of nitrogens with one attached hydrogen (secondary N) is 2. The topological polar surface area (TPSA) is 75.9 Å². The summed E-state index contributed by atoms with van der Waals surface area (Å²) in [5.41, 5.74) is 7.30. The van der Waals surface area contributed by atoms with E-state index in [9.17, 15) is 0 Å². The predicted molar refractivity (Wildman–Crippen MR) is 138 cm³/mol. The van der Waals surface area contributed by atoms with Crippen molar-refractivity contribution >= 4 is 22.6 Å². The highest BCUT2D eigenvalue weighted by Crippen LogP contribution is 2.29. The molecular formula is C28H27N5O. The number of pyridine rings is 1. The van der Waals surface area contributed by atoms with Gasteiger partial charge in [0.15, 0.2) is 0 Å². The summed E-state index contributed by atoms with van der Waals surface area (Å²) >= 11 is 0. The average Bonchev–Trinajstić information content (AvgIpc) is 3.24. The van der Waals surface area contributed by atoms with Crippen molar-refractivity contribution in [3.8, 4) is 22.4 Å². The van der Waals surface area contributed by atoms with E-state index in [1.54, 1.807) is 6.26 Å². The highest BCUT2D eigenvalue weighted by molar-refractivity contribution is 5.85. The van der Waals surface area contributed by atoms with Crippen LogP contribution in [-0.2, 0) is 0 Å². The van der Waals surface area contributed by atoms with E-state index in [1.165, 1.54) is 5.56 Å². The summed E-state index contributed by atoms with van der Waals surface area (Å²) in [5.74, 6) is 2.37. The minimum absolute atomic E-state index is 0.0604. The molecule has 5 aromatic rings. The number of aromatic nitrogens is 3. The van der Waals surface area contributed by atoms with E-state index in [0.717, 1.165) is 56.4 Å². The van der Waals surface area contributed by atoms with Gasteiger partial charge in [-0.05, 0) is 73.9 Å². The lowest BCUT2D eigenvalue weighted by molar-refractivity contribution is 0.613. The lowest BCUT2D eigenvalue weighted by Crippen LogP contribution is -2.09. The van der Waals surface area contributed by atoms with Crippen molar-refractivity contribution in [1.29, 1.82) is 0 Å². The summed E-state index contributed by atoms with van der Waals surface area (Å²) in [6, 6.07) is 20.8. The molecule has 0 radical (unpaired) electrons. The normalized spacial score (nSPS) is 12.0. The van der Waals surface area contributed by atoms with Crippen LogP contribution in [0.25, 0.3) is 33.4 Å². The van der Waals surface area contributed by atoms with Crippen LogP contribution in [0.1, 0.15) is 29.9 Å². The van der Waals surface area contributed by atoms with Crippen molar-refractivity contribution in [2.24, 2.45) is 0 Å². The molecule has 170 valence electrons. The van der Waals surface area contributed by atoms with Crippen LogP contribution in [0.2, 0.25) is 0 Å². The number of hydrogen-bond donors (Lipinski definition) is 2. The number of anilines is 2. The first-order valence-corrected chi connectivity index (χ1v) is 11.3. The number of furan rings is 1. The van der Waals surface area contributed by atoms with Crippen molar-refractivity contribution in [1.82, 2.24) is 15.0 Å². The van der Waals surface area contributed by atoms with Crippen LogP contribution in [0.3, 0.4) is 0 Å². The number of fused-ring (bicyclic) bond motifs is 1. The van der Waals surface area contributed by atoms with Gasteiger partial charge in [0.25, 0.3) is 0 Å². The predicted octanol–water partition coefficient (Wildman–Crippen LogP) is 6.78. The van der Waals surface area contributed by atoms with Gasteiger partial charge in [-0.2, -0.15) is 0 Å². The molecule has 0 aliphatic rings. The van der Waals surface area contributed by atoms with E-state index in [4.69, 9.17) is 4.42 Å². The van der Waals surface area contributed by atoms with Gasteiger partial charge >= 0.3 is 0 Å². The zero-order valence-electron chi connectivity index (χ0n) is 19.8. The fourth-order valence-corrected chi connectivity index (χ4v) is 4.11. The molecule has 0 bridgehead atoms. The Morgan fingerprint density at radius 3 is 2.50 bits per heavy atom. The van der Waals surface area contributed by atoms with Crippen molar-refractivity contribution < 1.29 is 4.42 Å². The molecule has 0 fully saturated rings. The first-order chi connectivity index (χ1) is 16.5. The SMILES string of the molecule is CNc1ccc(-c2cccc(C(C)Nc3cc(-c4ccc5occ(C)c5c4)nc(C)n3)c2)cn1. The van der Waals surface area contributed by atoms with Crippen LogP contribution in [0, 0.1) is 13.8 Å². The van der Waals surface area contributed by atoms with Gasteiger partial charge in [0.05, 0.1) is 12.0 Å². The number of benzene rings is 2. The van der Waals surface area contributed by atoms with Crippen molar-refractivity contribution in [2.75, 3.05) is 17.7 Å². The van der Waals surface area contributed by atoms with Gasteiger partial charge in [-0.3, -0.25) is 0 Å². The number of rotatable bonds is 6. The van der Waals surface area contributed by atoms with E-state index >= 15 is 0 Å². The fourth-order valence-electron chi connectivity index (χ4n) is 4.11. The number of hydrogen-bond acceptors (Lipinski definition) is 6. The second kappa shape index (κ2) is 8.98. The Balaban J connectivity index is 1.41. The smallest absolute Gasteiger partial charge is 0.134 e. The molecule has 0 saturated heterocycles. The van der Waals surface area contributed by atoms with Gasteiger partial charge in [0.1, 0.15) is 23.0 Å². The van der Waals surface area contributed by atoms with Crippen LogP contribution in [-0.4, -0.2) is 22.0 Å². The van der Waals surface area contributed by atoms with E-state index in [-0.39, 0.29) is 6.04 Å². The maximum absolute atomic E-state index is 5.59. The van der Waals surface area contributed by atoms with E-state index < -0.39 is 0 Å². The highest BCUT2D eigenvalue weighted by Gasteiger charge is 2.12. The second-order valence-corrected chi connectivity index (χ2v) is 8.49. The molecule has 0 amide bonds. The monoisotopic (exact) mass is 449 g/mol. The summed E-state index contributed by atoms with van der Waals surface area (Å²) in [7, 11) is 1.87. The molecule has 6 heteroatoms. The number of nitrogens with zero attached hydrogens (tertiary/aromatic N) is 3. The Labute approximate surface area is 199 Å². The molecule has 0 aliphatic heterocycles. The lowest BCUT2D eigenvalue weighted by Gasteiger charge is -2.17. The zero-order valence-corrected chi connectivity index (χ0v) is 19.8. The summed E-state index contributed by atoms with van der Waals surface area (Å²) in [6.45, 7) is 6.11. The summed E-state index contributed by atoms with van der Waals surface area (Å²) < 4.78 is 5.59. The summed E-state index contributed by atoms with van der Waals surface area (Å²) in [5, 5.41) is 7.71. The molecule has 3 aromatic heterocycles. The largest absolute Gasteiger partial charge is 0.464 e. The molecular weight excluding hydrogens is 422 g/mol. The van der Waals surface area contributed by atoms with Gasteiger partial charge < -0.3 is 15.1 Å². The van der Waals surface area contributed by atoms with Gasteiger partial charge in [0, 0.05) is 41.9 Å². The van der Waals surface area contributed by atoms with E-state index in [1.807, 2.05) is 44.4 Å². The van der Waals surface area contributed by atoms with Crippen LogP contribution in [0.4, 0.5) is 11.6 Å². The zero-order chi connectivity index (χ0) is 23.7. The molecule has 2 N–H and O–H groups in total. The Hall–Kier alpha value is -4.19. The van der Waals surface area contributed by atoms with Crippen molar-refractivity contribution in [3.05, 3.63) is 90.1 Å². The molecule has 3 heterocycles. The van der Waals surface area contributed by atoms with Crippen LogP contribution >= 0.6 is 0 Å². The van der Waals surface area contributed by atoms with Crippen molar-refractivity contribution in [3.63, 3.8) is 0 Å². The molecule has 6 nitrogen and oxygen atoms in total. The fraction of sp³-hybridized carbons (Fsp3) is 0.179. The minimum Gasteiger partial charge on any atom is -0.464 e. The standard InChI is InChI=1S/C28H27N5O/c1-17-16-34-26-10-8-22(13-24(17)26)25-14-28(33-19(3)32-25)31-18(2)20-6-5-7-21(12-20)23-9-11-27(29-4)30-15-23/h5-16,18H,1-4H3,(H,29,30)(H,31,32,33). The van der Waals surface area contributed by atoms with Gasteiger partial charge in [-0.25, -0.2) is 15.0 Å². The van der Waals surface area contributed by atoms with Crippen LogP contribution in [0.5, 0.6) is 0 Å². The molecule has 5 rings (SSSR count). The summed E-state index contributed by atoms with van der Waals surface area (Å²) in [6.07, 6.45) is 3.68. The quantitative estimate of drug-likeness (QED) is 0.297. The maximum Gasteiger partial charge on any atom is 0.134 e. The summed E-state index contributed by atoms with van der Waals surface area (Å²) in [4.78, 5) is 13.8. The van der Waals surface area contributed by atoms with Gasteiger partial charge in [-0.15, -0.1) is 0 Å². The molecule has 0 aliphatic carbocycles. The Morgan fingerprint density at radius 2 is 1.71 bits per heavy atom. The molecule has 0 spiro atoms. The highest BCUT2D eigenvalue weighted by atomic mass is 16.3. The first-order valence-electron chi connectivity index (χ1n) is 11.3. The molecule has 1 unspecified atom stereocenters. The second-order valence-electron chi connectivity index (χ2n) is 8.49. The third-order valence-electron chi connectivity index (χ3n) is 6.00. The Bertz CT molecular complexity index is 1460. The van der Waals surface area contributed by atoms with Gasteiger partial charge in [0.2, 0.25) is 0 Å². The van der Waals surface area contributed by atoms with E-state index in [2.05, 4.69) is 75.8 Å². The minimum atomic E-state index is 0.0604. The molecule has 34 heavy (non-hydrogen) atoms. The van der Waals surface area contributed by atoms with Crippen molar-refractivity contribution in [2.45, 2.75) is 26.8 Å². The average molecular weight is 450 g/mol. The maximum atomic E-state index is 5.59. The molecule has 1 atom stereocenters. The van der Waals surface area contributed by atoms with E-state index in [0.29, 0.717) is 0 Å². The molecule has 0 saturated carbocycles. The lowest BCUT2D eigenvalue weighted by atomic mass is 10.0. The third kappa shape index (κ3) is 4.35. The number of aryl methyl sites for hydroxylation is 2. The molecule has 2 aromatic carbocycles. The Kier molecular flexibility index (Phi) is 5.72. The van der Waals surface area contributed by atoms with Gasteiger partial charge in [-0.1, -0.05) is 18.2 Å². The van der Waals surface area contributed by atoms with Crippen LogP contribution < -0.4 is 10.6 Å². The first kappa shape index (κ1) is 21.6. The Morgan fingerprint density at radius 1 is 0.853 bits per heavy atom. The third-order valence-corrected chi connectivity index (χ3v) is 6.00. The van der Waals surface area contributed by atoms with Crippen LogP contribution in [0.15, 0.2) is 77.5 Å².